The summed E-state index contributed by atoms with van der Waals surface area (Å²) in [6.45, 7) is 0. The van der Waals surface area contributed by atoms with Crippen molar-refractivity contribution in [2.24, 2.45) is 0 Å². The van der Waals surface area contributed by atoms with E-state index in [2.05, 4.69) is 27.3 Å². The van der Waals surface area contributed by atoms with Gasteiger partial charge in [0.2, 0.25) is 0 Å². The minimum absolute atomic E-state index is 0.517. The number of ether oxygens (including phenoxy) is 1. The van der Waals surface area contributed by atoms with Crippen LogP contribution >= 0.6 is 15.9 Å². The molecule has 2 aromatic carbocycles. The van der Waals surface area contributed by atoms with Crippen molar-refractivity contribution in [3.8, 4) is 11.8 Å². The highest BCUT2D eigenvalue weighted by atomic mass is 79.9. The van der Waals surface area contributed by atoms with Crippen LogP contribution in [0.5, 0.6) is 5.75 Å². The SMILES string of the molecule is COc1cccc(C#N)c1Nc1ccc(N)cc1Br. The fourth-order valence-corrected chi connectivity index (χ4v) is 2.19. The first-order valence-electron chi connectivity index (χ1n) is 5.55. The molecule has 0 saturated heterocycles. The largest absolute Gasteiger partial charge is 0.495 e. The lowest BCUT2D eigenvalue weighted by molar-refractivity contribution is 0.416. The summed E-state index contributed by atoms with van der Waals surface area (Å²) in [5.41, 5.74) is 8.33. The summed E-state index contributed by atoms with van der Waals surface area (Å²) in [4.78, 5) is 0. The van der Waals surface area contributed by atoms with E-state index in [0.717, 1.165) is 10.2 Å². The van der Waals surface area contributed by atoms with Crippen molar-refractivity contribution < 1.29 is 4.74 Å². The Morgan fingerprint density at radius 1 is 1.32 bits per heavy atom. The van der Waals surface area contributed by atoms with Crippen molar-refractivity contribution in [3.63, 3.8) is 0 Å². The first kappa shape index (κ1) is 13.2. The van der Waals surface area contributed by atoms with Crippen LogP contribution in [-0.4, -0.2) is 7.11 Å². The van der Waals surface area contributed by atoms with Crippen molar-refractivity contribution in [2.75, 3.05) is 18.2 Å². The number of nitrogens with two attached hydrogens (primary N) is 1. The third kappa shape index (κ3) is 2.80. The van der Waals surface area contributed by atoms with Gasteiger partial charge in [-0.05, 0) is 46.3 Å². The summed E-state index contributed by atoms with van der Waals surface area (Å²) in [6, 6.07) is 12.9. The number of hydrogen-bond acceptors (Lipinski definition) is 4. The van der Waals surface area contributed by atoms with Crippen molar-refractivity contribution in [1.29, 1.82) is 5.26 Å². The first-order valence-corrected chi connectivity index (χ1v) is 6.34. The fourth-order valence-electron chi connectivity index (χ4n) is 1.69. The number of hydrogen-bond donors (Lipinski definition) is 2. The molecule has 0 aromatic heterocycles. The van der Waals surface area contributed by atoms with Gasteiger partial charge in [0.1, 0.15) is 11.8 Å². The van der Waals surface area contributed by atoms with E-state index < -0.39 is 0 Å². The molecule has 0 bridgehead atoms. The minimum Gasteiger partial charge on any atom is -0.495 e. The van der Waals surface area contributed by atoms with E-state index in [9.17, 15) is 0 Å². The maximum absolute atomic E-state index is 9.15. The Kier molecular flexibility index (Phi) is 3.93. The molecule has 5 heteroatoms. The Hall–Kier alpha value is -2.19. The van der Waals surface area contributed by atoms with E-state index in [1.165, 1.54) is 0 Å². The van der Waals surface area contributed by atoms with Crippen LogP contribution in [0, 0.1) is 11.3 Å². The average molecular weight is 318 g/mol. The molecule has 0 aliphatic carbocycles. The summed E-state index contributed by atoms with van der Waals surface area (Å²) in [5.74, 6) is 0.614. The van der Waals surface area contributed by atoms with E-state index >= 15 is 0 Å². The summed E-state index contributed by atoms with van der Waals surface area (Å²) < 4.78 is 6.09. The Bertz CT molecular complexity index is 650. The second-order valence-corrected chi connectivity index (χ2v) is 4.71. The maximum Gasteiger partial charge on any atom is 0.143 e. The molecule has 0 atom stereocenters. The molecule has 0 saturated carbocycles. The Balaban J connectivity index is 2.46. The zero-order chi connectivity index (χ0) is 13.8. The second kappa shape index (κ2) is 5.63. The molecule has 0 spiro atoms. The van der Waals surface area contributed by atoms with E-state index in [1.54, 1.807) is 37.4 Å². The predicted octanol–water partition coefficient (Wildman–Crippen LogP) is 3.66. The first-order chi connectivity index (χ1) is 9.15. The zero-order valence-electron chi connectivity index (χ0n) is 10.3. The number of rotatable bonds is 3. The molecule has 19 heavy (non-hydrogen) atoms. The van der Waals surface area contributed by atoms with Crippen LogP contribution in [0.3, 0.4) is 0 Å². The highest BCUT2D eigenvalue weighted by Gasteiger charge is 2.10. The Labute approximate surface area is 119 Å². The van der Waals surface area contributed by atoms with Crippen LogP contribution in [0.15, 0.2) is 40.9 Å². The van der Waals surface area contributed by atoms with Gasteiger partial charge in [0.25, 0.3) is 0 Å². The molecular formula is C14H12BrN3O. The molecule has 0 radical (unpaired) electrons. The van der Waals surface area contributed by atoms with Gasteiger partial charge in [-0.25, -0.2) is 0 Å². The highest BCUT2D eigenvalue weighted by molar-refractivity contribution is 9.10. The molecule has 0 fully saturated rings. The molecule has 0 unspecified atom stereocenters. The number of nitrogen functional groups attached to an aromatic ring is 1. The second-order valence-electron chi connectivity index (χ2n) is 3.86. The van der Waals surface area contributed by atoms with Gasteiger partial charge in [0.05, 0.1) is 24.0 Å². The molecule has 96 valence electrons. The third-order valence-corrected chi connectivity index (χ3v) is 3.28. The topological polar surface area (TPSA) is 71.1 Å². The average Bonchev–Trinajstić information content (AvgIpc) is 2.42. The van der Waals surface area contributed by atoms with E-state index in [0.29, 0.717) is 22.7 Å². The van der Waals surface area contributed by atoms with Crippen LogP contribution in [0.4, 0.5) is 17.1 Å². The third-order valence-electron chi connectivity index (χ3n) is 2.62. The number of benzene rings is 2. The van der Waals surface area contributed by atoms with Crippen LogP contribution in [0.1, 0.15) is 5.56 Å². The quantitative estimate of drug-likeness (QED) is 0.847. The molecule has 3 N–H and O–H groups in total. The zero-order valence-corrected chi connectivity index (χ0v) is 11.9. The summed E-state index contributed by atoms with van der Waals surface area (Å²) in [6.07, 6.45) is 0. The normalized spacial score (nSPS) is 9.74. The van der Waals surface area contributed by atoms with E-state index in [4.69, 9.17) is 15.7 Å². The number of nitriles is 1. The smallest absolute Gasteiger partial charge is 0.143 e. The minimum atomic E-state index is 0.517. The maximum atomic E-state index is 9.15. The molecule has 0 aliphatic rings. The fraction of sp³-hybridized carbons (Fsp3) is 0.0714. The molecular weight excluding hydrogens is 306 g/mol. The van der Waals surface area contributed by atoms with Gasteiger partial charge in [-0.2, -0.15) is 5.26 Å². The molecule has 0 amide bonds. The van der Waals surface area contributed by atoms with E-state index in [-0.39, 0.29) is 0 Å². The molecule has 2 rings (SSSR count). The number of methoxy groups -OCH3 is 1. The van der Waals surface area contributed by atoms with Gasteiger partial charge in [-0.1, -0.05) is 6.07 Å². The van der Waals surface area contributed by atoms with Crippen LogP contribution in [0.2, 0.25) is 0 Å². The van der Waals surface area contributed by atoms with Crippen LogP contribution in [-0.2, 0) is 0 Å². The summed E-state index contributed by atoms with van der Waals surface area (Å²) >= 11 is 3.43. The lowest BCUT2D eigenvalue weighted by Crippen LogP contribution is -1.98. The van der Waals surface area contributed by atoms with Gasteiger partial charge in [0, 0.05) is 10.2 Å². The number of nitrogens with one attached hydrogen (secondary N) is 1. The summed E-state index contributed by atoms with van der Waals surface area (Å²) in [7, 11) is 1.57. The number of halogens is 1. The Morgan fingerprint density at radius 3 is 2.74 bits per heavy atom. The predicted molar refractivity (Wildman–Crippen MR) is 79.5 cm³/mol. The monoisotopic (exact) mass is 317 g/mol. The van der Waals surface area contributed by atoms with Crippen molar-refractivity contribution in [3.05, 3.63) is 46.4 Å². The van der Waals surface area contributed by atoms with Gasteiger partial charge < -0.3 is 15.8 Å². The molecule has 4 nitrogen and oxygen atoms in total. The van der Waals surface area contributed by atoms with Gasteiger partial charge in [0.15, 0.2) is 0 Å². The standard InChI is InChI=1S/C14H12BrN3O/c1-19-13-4-2-3-9(8-16)14(13)18-12-6-5-10(17)7-11(12)15/h2-7,18H,17H2,1H3. The summed E-state index contributed by atoms with van der Waals surface area (Å²) in [5, 5.41) is 12.3. The molecule has 0 heterocycles. The lowest BCUT2D eigenvalue weighted by Gasteiger charge is -2.14. The number of para-hydroxylation sites is 1. The van der Waals surface area contributed by atoms with Gasteiger partial charge in [-0.3, -0.25) is 0 Å². The van der Waals surface area contributed by atoms with Crippen molar-refractivity contribution in [2.45, 2.75) is 0 Å². The van der Waals surface area contributed by atoms with E-state index in [1.807, 2.05) is 6.07 Å². The van der Waals surface area contributed by atoms with Crippen LogP contribution < -0.4 is 15.8 Å². The number of nitrogens with zero attached hydrogens (tertiary/aromatic N) is 1. The van der Waals surface area contributed by atoms with Gasteiger partial charge >= 0.3 is 0 Å². The van der Waals surface area contributed by atoms with Crippen LogP contribution in [0.25, 0.3) is 0 Å². The lowest BCUT2D eigenvalue weighted by atomic mass is 10.1. The van der Waals surface area contributed by atoms with Gasteiger partial charge in [-0.15, -0.1) is 0 Å². The highest BCUT2D eigenvalue weighted by Crippen LogP contribution is 2.34. The van der Waals surface area contributed by atoms with Crippen molar-refractivity contribution in [1.82, 2.24) is 0 Å². The molecule has 0 aliphatic heterocycles. The molecule has 2 aromatic rings. The van der Waals surface area contributed by atoms with Crippen molar-refractivity contribution >= 4 is 33.0 Å². The number of anilines is 3. The Morgan fingerprint density at radius 2 is 2.11 bits per heavy atom.